The summed E-state index contributed by atoms with van der Waals surface area (Å²) in [6.45, 7) is 8.04. The van der Waals surface area contributed by atoms with Crippen LogP contribution in [0, 0.1) is 5.82 Å². The second kappa shape index (κ2) is 11.1. The fourth-order valence-corrected chi connectivity index (χ4v) is 3.25. The van der Waals surface area contributed by atoms with Gasteiger partial charge >= 0.3 is 0 Å². The molecule has 1 aliphatic rings. The Hall–Kier alpha value is -0.600. The van der Waals surface area contributed by atoms with E-state index in [0.29, 0.717) is 17.1 Å². The summed E-state index contributed by atoms with van der Waals surface area (Å²) in [7, 11) is 0. The third kappa shape index (κ3) is 5.74. The van der Waals surface area contributed by atoms with E-state index in [2.05, 4.69) is 20.5 Å². The lowest BCUT2D eigenvalue weighted by Crippen LogP contribution is -2.38. The molecule has 1 saturated heterocycles. The van der Waals surface area contributed by atoms with Crippen molar-refractivity contribution >= 4 is 41.5 Å². The number of rotatable bonds is 6. The van der Waals surface area contributed by atoms with Crippen molar-refractivity contribution in [1.82, 2.24) is 15.5 Å². The molecule has 0 bridgehead atoms. The monoisotopic (exact) mass is 468 g/mol. The highest BCUT2D eigenvalue weighted by Crippen LogP contribution is 2.32. The molecule has 0 saturated carbocycles. The maximum absolute atomic E-state index is 14.4. The van der Waals surface area contributed by atoms with E-state index >= 15 is 0 Å². The van der Waals surface area contributed by atoms with Gasteiger partial charge in [-0.1, -0.05) is 17.7 Å². The smallest absolute Gasteiger partial charge is 0.191 e. The lowest BCUT2D eigenvalue weighted by atomic mass is 10.0. The van der Waals surface area contributed by atoms with Crippen LogP contribution < -0.4 is 10.6 Å². The molecule has 0 aliphatic carbocycles. The molecule has 1 atom stereocenters. The zero-order chi connectivity index (χ0) is 16.7. The highest BCUT2D eigenvalue weighted by atomic mass is 127. The van der Waals surface area contributed by atoms with Gasteiger partial charge in [0.05, 0.1) is 12.6 Å². The maximum Gasteiger partial charge on any atom is 0.191 e. The average Bonchev–Trinajstić information content (AvgIpc) is 3.04. The van der Waals surface area contributed by atoms with Gasteiger partial charge in [0.25, 0.3) is 0 Å². The second-order valence-corrected chi connectivity index (χ2v) is 6.05. The molecule has 0 spiro atoms. The minimum Gasteiger partial charge on any atom is -0.357 e. The van der Waals surface area contributed by atoms with Crippen molar-refractivity contribution in [3.05, 3.63) is 34.6 Å². The lowest BCUT2D eigenvalue weighted by molar-refractivity contribution is 0.246. The van der Waals surface area contributed by atoms with E-state index < -0.39 is 0 Å². The van der Waals surface area contributed by atoms with E-state index in [9.17, 15) is 4.39 Å². The number of benzene rings is 1. The van der Waals surface area contributed by atoms with Gasteiger partial charge in [0, 0.05) is 23.7 Å². The van der Waals surface area contributed by atoms with Crippen LogP contribution in [-0.4, -0.2) is 43.6 Å². The number of likely N-dealkylation sites (tertiary alicyclic amines) is 1. The van der Waals surface area contributed by atoms with Crippen molar-refractivity contribution in [3.63, 3.8) is 0 Å². The second-order valence-electron chi connectivity index (χ2n) is 5.64. The molecule has 136 valence electrons. The number of guanidine groups is 1. The summed E-state index contributed by atoms with van der Waals surface area (Å²) in [5.74, 6) is 0.504. The highest BCUT2D eigenvalue weighted by molar-refractivity contribution is 14.0. The summed E-state index contributed by atoms with van der Waals surface area (Å²) < 4.78 is 14.4. The Kier molecular flexibility index (Phi) is 9.92. The Morgan fingerprint density at radius 1 is 1.25 bits per heavy atom. The Morgan fingerprint density at radius 2 is 1.88 bits per heavy atom. The topological polar surface area (TPSA) is 39.7 Å². The molecule has 0 aromatic heterocycles. The van der Waals surface area contributed by atoms with Crippen LogP contribution in [0.15, 0.2) is 23.2 Å². The maximum atomic E-state index is 14.4. The third-order valence-electron chi connectivity index (χ3n) is 4.03. The van der Waals surface area contributed by atoms with Crippen molar-refractivity contribution in [2.75, 3.05) is 32.7 Å². The first-order valence-corrected chi connectivity index (χ1v) is 8.75. The number of nitrogens with zero attached hydrogens (tertiary/aromatic N) is 2. The van der Waals surface area contributed by atoms with Gasteiger partial charge in [-0.2, -0.15) is 0 Å². The SMILES string of the molecule is CCNC(=NCC(c1c(F)cccc1Cl)N1CCCC1)NCC.I. The predicted molar refractivity (Wildman–Crippen MR) is 110 cm³/mol. The zero-order valence-electron chi connectivity index (χ0n) is 14.3. The van der Waals surface area contributed by atoms with Crippen molar-refractivity contribution in [2.45, 2.75) is 32.7 Å². The van der Waals surface area contributed by atoms with Crippen LogP contribution in [0.5, 0.6) is 0 Å². The van der Waals surface area contributed by atoms with Crippen molar-refractivity contribution in [1.29, 1.82) is 0 Å². The molecule has 1 heterocycles. The fraction of sp³-hybridized carbons (Fsp3) is 0.588. The molecule has 0 radical (unpaired) electrons. The molecule has 1 fully saturated rings. The summed E-state index contributed by atoms with van der Waals surface area (Å²) in [4.78, 5) is 6.92. The van der Waals surface area contributed by atoms with Gasteiger partial charge in [0.1, 0.15) is 5.82 Å². The third-order valence-corrected chi connectivity index (χ3v) is 4.35. The Bertz CT molecular complexity index is 507. The quantitative estimate of drug-likeness (QED) is 0.379. The van der Waals surface area contributed by atoms with Gasteiger partial charge in [-0.3, -0.25) is 9.89 Å². The summed E-state index contributed by atoms with van der Waals surface area (Å²) in [6, 6.07) is 4.75. The molecule has 1 aromatic carbocycles. The molecule has 1 unspecified atom stereocenters. The Morgan fingerprint density at radius 3 is 2.42 bits per heavy atom. The number of aliphatic imine (C=N–C) groups is 1. The first kappa shape index (κ1) is 21.4. The van der Waals surface area contributed by atoms with E-state index in [0.717, 1.165) is 45.0 Å². The van der Waals surface area contributed by atoms with E-state index in [1.807, 2.05) is 13.8 Å². The van der Waals surface area contributed by atoms with Crippen molar-refractivity contribution in [3.8, 4) is 0 Å². The van der Waals surface area contributed by atoms with E-state index in [-0.39, 0.29) is 35.8 Å². The summed E-state index contributed by atoms with van der Waals surface area (Å²) in [5.41, 5.74) is 0.562. The number of hydrogen-bond donors (Lipinski definition) is 2. The molecule has 1 aromatic rings. The molecule has 2 N–H and O–H groups in total. The highest BCUT2D eigenvalue weighted by Gasteiger charge is 2.27. The first-order valence-electron chi connectivity index (χ1n) is 8.37. The molecule has 24 heavy (non-hydrogen) atoms. The normalized spacial score (nSPS) is 15.5. The van der Waals surface area contributed by atoms with Gasteiger partial charge in [0.15, 0.2) is 5.96 Å². The molecule has 1 aliphatic heterocycles. The average molecular weight is 469 g/mol. The van der Waals surface area contributed by atoms with Crippen molar-refractivity contribution < 1.29 is 4.39 Å². The van der Waals surface area contributed by atoms with Gasteiger partial charge in [-0.15, -0.1) is 24.0 Å². The van der Waals surface area contributed by atoms with E-state index in [1.54, 1.807) is 12.1 Å². The molecule has 0 amide bonds. The van der Waals surface area contributed by atoms with Crippen LogP contribution in [0.25, 0.3) is 0 Å². The van der Waals surface area contributed by atoms with Crippen LogP contribution in [0.1, 0.15) is 38.3 Å². The van der Waals surface area contributed by atoms with Crippen LogP contribution in [-0.2, 0) is 0 Å². The van der Waals surface area contributed by atoms with Crippen molar-refractivity contribution in [2.24, 2.45) is 4.99 Å². The number of hydrogen-bond acceptors (Lipinski definition) is 2. The summed E-state index contributed by atoms with van der Waals surface area (Å²) in [6.07, 6.45) is 2.28. The molecule has 4 nitrogen and oxygen atoms in total. The molecular formula is C17H27ClFIN4. The lowest BCUT2D eigenvalue weighted by Gasteiger charge is -2.28. The summed E-state index contributed by atoms with van der Waals surface area (Å²) >= 11 is 6.29. The van der Waals surface area contributed by atoms with E-state index in [4.69, 9.17) is 11.6 Å². The molecule has 2 rings (SSSR count). The number of halogens is 3. The largest absolute Gasteiger partial charge is 0.357 e. The van der Waals surface area contributed by atoms with Crippen LogP contribution >= 0.6 is 35.6 Å². The van der Waals surface area contributed by atoms with Gasteiger partial charge < -0.3 is 10.6 Å². The minimum atomic E-state index is -0.252. The van der Waals surface area contributed by atoms with Gasteiger partial charge in [-0.25, -0.2) is 4.39 Å². The van der Waals surface area contributed by atoms with Gasteiger partial charge in [-0.05, 0) is 51.9 Å². The number of nitrogens with one attached hydrogen (secondary N) is 2. The molecular weight excluding hydrogens is 442 g/mol. The fourth-order valence-electron chi connectivity index (χ4n) is 2.96. The zero-order valence-corrected chi connectivity index (χ0v) is 17.4. The predicted octanol–water partition coefficient (Wildman–Crippen LogP) is 3.81. The van der Waals surface area contributed by atoms with Crippen LogP contribution in [0.4, 0.5) is 4.39 Å². The van der Waals surface area contributed by atoms with Gasteiger partial charge in [0.2, 0.25) is 0 Å². The minimum absolute atomic E-state index is 0. The molecule has 7 heteroatoms. The summed E-state index contributed by atoms with van der Waals surface area (Å²) in [5, 5.41) is 6.88. The van der Waals surface area contributed by atoms with Crippen LogP contribution in [0.3, 0.4) is 0 Å². The standard InChI is InChI=1S/C17H26ClFN4.HI/c1-3-20-17(21-4-2)22-12-15(23-10-5-6-11-23)16-13(18)8-7-9-14(16)19;/h7-9,15H,3-6,10-12H2,1-2H3,(H2,20,21,22);1H. The first-order chi connectivity index (χ1) is 11.2. The van der Waals surface area contributed by atoms with E-state index in [1.165, 1.54) is 6.07 Å². The van der Waals surface area contributed by atoms with Crippen LogP contribution in [0.2, 0.25) is 5.02 Å². The Balaban J connectivity index is 0.00000288. The Labute approximate surface area is 166 Å².